The fourth-order valence-electron chi connectivity index (χ4n) is 3.06. The highest BCUT2D eigenvalue weighted by atomic mass is 16.2. The maximum atomic E-state index is 12.5. The highest BCUT2D eigenvalue weighted by Gasteiger charge is 2.30. The van der Waals surface area contributed by atoms with Gasteiger partial charge in [-0.15, -0.1) is 0 Å². The van der Waals surface area contributed by atoms with E-state index < -0.39 is 5.91 Å². The first-order chi connectivity index (χ1) is 12.2. The number of nitrogens with two attached hydrogens (primary N) is 1. The van der Waals surface area contributed by atoms with Crippen molar-refractivity contribution in [1.82, 2.24) is 20.0 Å². The van der Waals surface area contributed by atoms with Gasteiger partial charge in [-0.2, -0.15) is 5.10 Å². The van der Waals surface area contributed by atoms with Crippen molar-refractivity contribution in [3.05, 3.63) is 41.1 Å². The molecule has 1 aromatic heterocycles. The minimum atomic E-state index is -0.528. The third-order valence-corrected chi connectivity index (χ3v) is 4.32. The Morgan fingerprint density at radius 1 is 1.15 bits per heavy atom. The number of amides is 3. The van der Waals surface area contributed by atoms with E-state index in [1.165, 1.54) is 0 Å². The SMILES string of the molecule is Cc1ccc(-c2nn3c(c2C(N)=O)CN(C(=O)NC(C)(C)C)CC3)cc1. The molecule has 3 amide bonds. The molecular weight excluding hydrogens is 330 g/mol. The number of nitrogens with one attached hydrogen (secondary N) is 1. The molecular formula is C19H25N5O2. The van der Waals surface area contributed by atoms with Crippen molar-refractivity contribution in [2.45, 2.75) is 46.3 Å². The fourth-order valence-corrected chi connectivity index (χ4v) is 3.06. The molecule has 0 saturated carbocycles. The van der Waals surface area contributed by atoms with Gasteiger partial charge in [-0.25, -0.2) is 4.79 Å². The number of aryl methyl sites for hydroxylation is 1. The average molecular weight is 355 g/mol. The largest absolute Gasteiger partial charge is 0.365 e. The number of benzene rings is 1. The Hall–Kier alpha value is -2.83. The third-order valence-electron chi connectivity index (χ3n) is 4.32. The van der Waals surface area contributed by atoms with Crippen LogP contribution in [0.15, 0.2) is 24.3 Å². The summed E-state index contributed by atoms with van der Waals surface area (Å²) >= 11 is 0. The molecule has 0 saturated heterocycles. The predicted molar refractivity (Wildman–Crippen MR) is 99.6 cm³/mol. The van der Waals surface area contributed by atoms with Crippen molar-refractivity contribution in [1.29, 1.82) is 0 Å². The second-order valence-corrected chi connectivity index (χ2v) is 7.73. The minimum absolute atomic E-state index is 0.155. The summed E-state index contributed by atoms with van der Waals surface area (Å²) in [6.45, 7) is 9.17. The smallest absolute Gasteiger partial charge is 0.318 e. The van der Waals surface area contributed by atoms with Crippen molar-refractivity contribution in [3.63, 3.8) is 0 Å². The van der Waals surface area contributed by atoms with Gasteiger partial charge in [0, 0.05) is 17.6 Å². The number of carbonyl (C=O) groups is 2. The minimum Gasteiger partial charge on any atom is -0.365 e. The number of aromatic nitrogens is 2. The molecule has 0 unspecified atom stereocenters. The van der Waals surface area contributed by atoms with Crippen LogP contribution in [0, 0.1) is 6.92 Å². The van der Waals surface area contributed by atoms with Crippen LogP contribution in [0.5, 0.6) is 0 Å². The molecule has 1 aliphatic rings. The molecule has 0 aliphatic carbocycles. The number of carbonyl (C=O) groups excluding carboxylic acids is 2. The summed E-state index contributed by atoms with van der Waals surface area (Å²) in [5, 5.41) is 7.55. The zero-order valence-electron chi connectivity index (χ0n) is 15.7. The van der Waals surface area contributed by atoms with E-state index in [0.717, 1.165) is 11.1 Å². The van der Waals surface area contributed by atoms with Gasteiger partial charge in [0.15, 0.2) is 0 Å². The van der Waals surface area contributed by atoms with Gasteiger partial charge in [0.05, 0.1) is 24.3 Å². The molecule has 0 atom stereocenters. The maximum absolute atomic E-state index is 12.5. The molecule has 138 valence electrons. The zero-order valence-corrected chi connectivity index (χ0v) is 15.7. The molecule has 0 bridgehead atoms. The Kier molecular flexibility index (Phi) is 4.48. The lowest BCUT2D eigenvalue weighted by molar-refractivity contribution is 0.0997. The number of nitrogens with zero attached hydrogens (tertiary/aromatic N) is 3. The van der Waals surface area contributed by atoms with Gasteiger partial charge in [0.1, 0.15) is 5.69 Å². The van der Waals surface area contributed by atoms with Crippen molar-refractivity contribution in [3.8, 4) is 11.3 Å². The standard InChI is InChI=1S/C19H25N5O2/c1-12-5-7-13(8-6-12)16-15(17(20)25)14-11-23(9-10-24(14)22-16)18(26)21-19(2,3)4/h5-8H,9-11H2,1-4H3,(H2,20,25)(H,21,26). The molecule has 1 aliphatic heterocycles. The molecule has 2 heterocycles. The highest BCUT2D eigenvalue weighted by molar-refractivity contribution is 6.00. The normalized spacial score (nSPS) is 14.1. The highest BCUT2D eigenvalue weighted by Crippen LogP contribution is 2.28. The van der Waals surface area contributed by atoms with Crippen LogP contribution >= 0.6 is 0 Å². The average Bonchev–Trinajstić information content (AvgIpc) is 2.92. The second kappa shape index (κ2) is 6.48. The van der Waals surface area contributed by atoms with Crippen molar-refractivity contribution < 1.29 is 9.59 Å². The summed E-state index contributed by atoms with van der Waals surface area (Å²) in [5.41, 5.74) is 8.96. The topological polar surface area (TPSA) is 93.2 Å². The van der Waals surface area contributed by atoms with Crippen molar-refractivity contribution >= 4 is 11.9 Å². The first-order valence-electron chi connectivity index (χ1n) is 8.69. The van der Waals surface area contributed by atoms with Crippen LogP contribution in [0.25, 0.3) is 11.3 Å². The first-order valence-corrected chi connectivity index (χ1v) is 8.69. The van der Waals surface area contributed by atoms with E-state index in [4.69, 9.17) is 5.73 Å². The summed E-state index contributed by atoms with van der Waals surface area (Å²) in [6.07, 6.45) is 0. The van der Waals surface area contributed by atoms with Gasteiger partial charge in [-0.1, -0.05) is 29.8 Å². The molecule has 2 aromatic rings. The van der Waals surface area contributed by atoms with Gasteiger partial charge in [0.2, 0.25) is 0 Å². The number of hydrogen-bond acceptors (Lipinski definition) is 3. The molecule has 7 nitrogen and oxygen atoms in total. The lowest BCUT2D eigenvalue weighted by Gasteiger charge is -2.31. The Balaban J connectivity index is 1.96. The quantitative estimate of drug-likeness (QED) is 0.865. The van der Waals surface area contributed by atoms with Gasteiger partial charge in [-0.05, 0) is 27.7 Å². The van der Waals surface area contributed by atoms with Gasteiger partial charge < -0.3 is 16.0 Å². The van der Waals surface area contributed by atoms with E-state index in [-0.39, 0.29) is 11.6 Å². The van der Waals surface area contributed by atoms with Crippen LogP contribution in [-0.2, 0) is 13.1 Å². The summed E-state index contributed by atoms with van der Waals surface area (Å²) in [5.74, 6) is -0.528. The van der Waals surface area contributed by atoms with Crippen LogP contribution in [0.4, 0.5) is 4.79 Å². The monoisotopic (exact) mass is 355 g/mol. The first kappa shape index (κ1) is 18.0. The van der Waals surface area contributed by atoms with Crippen LogP contribution in [-0.4, -0.2) is 38.7 Å². The summed E-state index contributed by atoms with van der Waals surface area (Å²) < 4.78 is 1.79. The molecule has 0 spiro atoms. The predicted octanol–water partition coefficient (Wildman–Crippen LogP) is 2.28. The molecule has 3 rings (SSSR count). The lowest BCUT2D eigenvalue weighted by atomic mass is 10.0. The second-order valence-electron chi connectivity index (χ2n) is 7.73. The number of hydrogen-bond donors (Lipinski definition) is 2. The van der Waals surface area contributed by atoms with E-state index in [1.54, 1.807) is 9.58 Å². The summed E-state index contributed by atoms with van der Waals surface area (Å²) in [4.78, 5) is 26.3. The Bertz CT molecular complexity index is 846. The molecule has 0 radical (unpaired) electrons. The summed E-state index contributed by atoms with van der Waals surface area (Å²) in [7, 11) is 0. The number of primary amides is 1. The van der Waals surface area contributed by atoms with E-state index in [9.17, 15) is 9.59 Å². The Morgan fingerprint density at radius 2 is 1.81 bits per heavy atom. The Morgan fingerprint density at radius 3 is 2.38 bits per heavy atom. The van der Waals surface area contributed by atoms with Crippen molar-refractivity contribution in [2.75, 3.05) is 6.54 Å². The molecule has 1 aromatic carbocycles. The zero-order chi connectivity index (χ0) is 19.1. The van der Waals surface area contributed by atoms with E-state index >= 15 is 0 Å². The number of urea groups is 1. The number of rotatable bonds is 2. The lowest BCUT2D eigenvalue weighted by Crippen LogP contribution is -2.50. The van der Waals surface area contributed by atoms with Gasteiger partial charge in [0.25, 0.3) is 5.91 Å². The van der Waals surface area contributed by atoms with Crippen LogP contribution < -0.4 is 11.1 Å². The van der Waals surface area contributed by atoms with E-state index in [0.29, 0.717) is 36.6 Å². The van der Waals surface area contributed by atoms with E-state index in [2.05, 4.69) is 10.4 Å². The van der Waals surface area contributed by atoms with Crippen LogP contribution in [0.3, 0.4) is 0 Å². The van der Waals surface area contributed by atoms with Crippen molar-refractivity contribution in [2.24, 2.45) is 5.73 Å². The third kappa shape index (κ3) is 3.56. The molecule has 7 heteroatoms. The van der Waals surface area contributed by atoms with Crippen LogP contribution in [0.2, 0.25) is 0 Å². The molecule has 26 heavy (non-hydrogen) atoms. The molecule has 3 N–H and O–H groups in total. The van der Waals surface area contributed by atoms with Crippen LogP contribution in [0.1, 0.15) is 42.4 Å². The Labute approximate surface area is 153 Å². The van der Waals surface area contributed by atoms with Gasteiger partial charge >= 0.3 is 6.03 Å². The molecule has 0 fully saturated rings. The van der Waals surface area contributed by atoms with Gasteiger partial charge in [-0.3, -0.25) is 9.48 Å². The maximum Gasteiger partial charge on any atom is 0.318 e. The number of fused-ring (bicyclic) bond motifs is 1. The summed E-state index contributed by atoms with van der Waals surface area (Å²) in [6, 6.07) is 7.65. The fraction of sp³-hybridized carbons (Fsp3) is 0.421. The van der Waals surface area contributed by atoms with E-state index in [1.807, 2.05) is 52.0 Å².